The van der Waals surface area contributed by atoms with Gasteiger partial charge in [0.05, 0.1) is 22.4 Å². The van der Waals surface area contributed by atoms with E-state index in [4.69, 9.17) is 11.6 Å². The number of likely N-dealkylation sites (tertiary alicyclic amines) is 1. The summed E-state index contributed by atoms with van der Waals surface area (Å²) in [6.07, 6.45) is 1.45. The molecule has 1 heterocycles. The van der Waals surface area contributed by atoms with E-state index >= 15 is 0 Å². The van der Waals surface area contributed by atoms with Gasteiger partial charge in [-0.05, 0) is 18.9 Å². The highest BCUT2D eigenvalue weighted by molar-refractivity contribution is 6.32. The fourth-order valence-corrected chi connectivity index (χ4v) is 3.14. The number of nitriles is 1. The zero-order chi connectivity index (χ0) is 23.3. The first kappa shape index (κ1) is 23.5. The smallest absolute Gasteiger partial charge is 0.313 e. The number of rotatable bonds is 4. The lowest BCUT2D eigenvalue weighted by atomic mass is 9.98. The summed E-state index contributed by atoms with van der Waals surface area (Å²) >= 11 is 5.75. The first-order chi connectivity index (χ1) is 14.6. The molecule has 0 bridgehead atoms. The number of benzene rings is 1. The number of phenols is 1. The molecule has 31 heavy (non-hydrogen) atoms. The molecule has 1 aliphatic heterocycles. The highest BCUT2D eigenvalue weighted by atomic mass is 35.5. The second-order valence-electron chi connectivity index (χ2n) is 6.86. The number of halogens is 1. The van der Waals surface area contributed by atoms with Crippen molar-refractivity contribution in [1.82, 2.24) is 9.80 Å². The molecule has 0 saturated carbocycles. The van der Waals surface area contributed by atoms with Gasteiger partial charge in [-0.3, -0.25) is 19.7 Å². The van der Waals surface area contributed by atoms with Crippen molar-refractivity contribution in [3.8, 4) is 23.7 Å². The Hall–Kier alpha value is -3.76. The van der Waals surface area contributed by atoms with Crippen LogP contribution in [0.1, 0.15) is 18.4 Å². The van der Waals surface area contributed by atoms with Gasteiger partial charge >= 0.3 is 5.69 Å². The Kier molecular flexibility index (Phi) is 7.46. The predicted octanol–water partition coefficient (Wildman–Crippen LogP) is 2.08. The normalized spacial score (nSPS) is 16.5. The number of amides is 2. The summed E-state index contributed by atoms with van der Waals surface area (Å²) in [5.74, 6) is 2.50. The van der Waals surface area contributed by atoms with E-state index in [1.54, 1.807) is 18.0 Å². The molecule has 11 heteroatoms. The second-order valence-corrected chi connectivity index (χ2v) is 7.26. The van der Waals surface area contributed by atoms with E-state index in [0.29, 0.717) is 13.0 Å². The SMILES string of the molecule is CN(CC#CC1CCCN(C)C1=O)C(=O)/C(C#N)=C(\O)c1cc(Cl)c(O)c([N+](=O)[O-])c1. The fourth-order valence-electron chi connectivity index (χ4n) is 2.92. The maximum absolute atomic E-state index is 12.6. The Morgan fingerprint density at radius 2 is 2.16 bits per heavy atom. The van der Waals surface area contributed by atoms with Gasteiger partial charge in [0, 0.05) is 32.3 Å². The molecule has 0 radical (unpaired) electrons. The lowest BCUT2D eigenvalue weighted by Gasteiger charge is -2.26. The summed E-state index contributed by atoms with van der Waals surface area (Å²) in [5.41, 5.74) is -1.76. The van der Waals surface area contributed by atoms with E-state index in [9.17, 15) is 35.2 Å². The van der Waals surface area contributed by atoms with Crippen LogP contribution in [0, 0.1) is 39.2 Å². The van der Waals surface area contributed by atoms with Crippen LogP contribution < -0.4 is 0 Å². The van der Waals surface area contributed by atoms with Crippen molar-refractivity contribution < 1.29 is 24.7 Å². The van der Waals surface area contributed by atoms with Gasteiger partial charge in [0.15, 0.2) is 5.57 Å². The zero-order valence-electron chi connectivity index (χ0n) is 16.8. The molecule has 2 N–H and O–H groups in total. The van der Waals surface area contributed by atoms with Crippen molar-refractivity contribution >= 4 is 34.9 Å². The van der Waals surface area contributed by atoms with E-state index < -0.39 is 44.5 Å². The number of nitrogens with zero attached hydrogens (tertiary/aromatic N) is 4. The molecule has 1 atom stereocenters. The standard InChI is InChI=1S/C20H19ClN4O6/c1-23-7-3-5-12(19(23)28)6-4-8-24(2)20(29)14(11-22)17(26)13-9-15(21)18(27)16(10-13)25(30)31/h9-10,12,26-27H,3,5,7-8H2,1-2H3/b17-14-. The number of hydrogen-bond acceptors (Lipinski definition) is 7. The molecule has 1 unspecified atom stereocenters. The summed E-state index contributed by atoms with van der Waals surface area (Å²) in [7, 11) is 3.04. The van der Waals surface area contributed by atoms with Crippen molar-refractivity contribution in [2.75, 3.05) is 27.2 Å². The molecule has 1 aliphatic rings. The maximum Gasteiger partial charge on any atom is 0.313 e. The van der Waals surface area contributed by atoms with E-state index in [0.717, 1.165) is 23.5 Å². The number of piperidine rings is 1. The van der Waals surface area contributed by atoms with Gasteiger partial charge in [-0.25, -0.2) is 0 Å². The fraction of sp³-hybridized carbons (Fsp3) is 0.350. The van der Waals surface area contributed by atoms with Crippen LogP contribution in [0.4, 0.5) is 5.69 Å². The zero-order valence-corrected chi connectivity index (χ0v) is 17.5. The first-order valence-electron chi connectivity index (χ1n) is 9.07. The highest BCUT2D eigenvalue weighted by Crippen LogP contribution is 2.36. The van der Waals surface area contributed by atoms with Crippen LogP contribution in [0.15, 0.2) is 17.7 Å². The number of nitro benzene ring substituents is 1. The molecular weight excluding hydrogens is 428 g/mol. The van der Waals surface area contributed by atoms with Crippen LogP contribution in [0.25, 0.3) is 5.76 Å². The number of carbonyl (C=O) groups is 2. The largest absolute Gasteiger partial charge is 0.506 e. The van der Waals surface area contributed by atoms with Crippen LogP contribution in [0.2, 0.25) is 5.02 Å². The number of nitro groups is 1. The van der Waals surface area contributed by atoms with Crippen molar-refractivity contribution in [2.45, 2.75) is 12.8 Å². The highest BCUT2D eigenvalue weighted by Gasteiger charge is 2.26. The Labute approximate surface area is 183 Å². The third-order valence-corrected chi connectivity index (χ3v) is 4.96. The summed E-state index contributed by atoms with van der Waals surface area (Å²) in [5, 5.41) is 40.0. The average Bonchev–Trinajstić information content (AvgIpc) is 2.72. The van der Waals surface area contributed by atoms with Crippen molar-refractivity contribution in [2.24, 2.45) is 5.92 Å². The molecule has 2 rings (SSSR count). The molecule has 0 spiro atoms. The van der Waals surface area contributed by atoms with Crippen LogP contribution in [0.5, 0.6) is 5.75 Å². The number of carbonyl (C=O) groups excluding carboxylic acids is 2. The predicted molar refractivity (Wildman–Crippen MR) is 111 cm³/mol. The summed E-state index contributed by atoms with van der Waals surface area (Å²) in [4.78, 5) is 37.4. The second kappa shape index (κ2) is 9.83. The number of aromatic hydroxyl groups is 1. The Morgan fingerprint density at radius 1 is 1.48 bits per heavy atom. The van der Waals surface area contributed by atoms with Crippen LogP contribution in [-0.2, 0) is 9.59 Å². The van der Waals surface area contributed by atoms with Crippen LogP contribution in [-0.4, -0.2) is 63.9 Å². The first-order valence-corrected chi connectivity index (χ1v) is 9.45. The van der Waals surface area contributed by atoms with Gasteiger partial charge in [-0.2, -0.15) is 5.26 Å². The molecule has 162 valence electrons. The third kappa shape index (κ3) is 5.24. The summed E-state index contributed by atoms with van der Waals surface area (Å²) in [6.45, 7) is 0.561. The molecule has 0 aliphatic carbocycles. The maximum atomic E-state index is 12.6. The van der Waals surface area contributed by atoms with Crippen molar-refractivity contribution in [3.05, 3.63) is 38.4 Å². The molecule has 0 aromatic heterocycles. The van der Waals surface area contributed by atoms with Gasteiger partial charge in [0.2, 0.25) is 11.7 Å². The minimum atomic E-state index is -0.919. The molecule has 1 aromatic rings. The van der Waals surface area contributed by atoms with Gasteiger partial charge in [0.25, 0.3) is 5.91 Å². The lowest BCUT2D eigenvalue weighted by Crippen LogP contribution is -2.37. The molecule has 1 aromatic carbocycles. The Balaban J connectivity index is 2.26. The average molecular weight is 447 g/mol. The minimum absolute atomic E-state index is 0.0891. The van der Waals surface area contributed by atoms with Gasteiger partial charge in [-0.1, -0.05) is 23.4 Å². The Morgan fingerprint density at radius 3 is 2.77 bits per heavy atom. The molecule has 10 nitrogen and oxygen atoms in total. The number of phenolic OH excluding ortho intramolecular Hbond substituents is 1. The van der Waals surface area contributed by atoms with E-state index in [1.165, 1.54) is 7.05 Å². The third-order valence-electron chi connectivity index (χ3n) is 4.68. The van der Waals surface area contributed by atoms with Crippen molar-refractivity contribution in [1.29, 1.82) is 5.26 Å². The molecular formula is C20H19ClN4O6. The number of hydrogen-bond donors (Lipinski definition) is 2. The number of aliphatic hydroxyl groups excluding tert-OH is 1. The van der Waals surface area contributed by atoms with Gasteiger partial charge in [0.1, 0.15) is 11.8 Å². The quantitative estimate of drug-likeness (QED) is 0.179. The summed E-state index contributed by atoms with van der Waals surface area (Å²) < 4.78 is 0. The number of aliphatic hydroxyl groups is 1. The molecule has 1 fully saturated rings. The van der Waals surface area contributed by atoms with Gasteiger partial charge < -0.3 is 20.0 Å². The van der Waals surface area contributed by atoms with E-state index in [2.05, 4.69) is 11.8 Å². The van der Waals surface area contributed by atoms with E-state index in [-0.39, 0.29) is 18.0 Å². The monoisotopic (exact) mass is 446 g/mol. The molecule has 1 saturated heterocycles. The minimum Gasteiger partial charge on any atom is -0.506 e. The van der Waals surface area contributed by atoms with Crippen molar-refractivity contribution in [3.63, 3.8) is 0 Å². The van der Waals surface area contributed by atoms with Crippen LogP contribution >= 0.6 is 11.6 Å². The Bertz CT molecular complexity index is 1070. The lowest BCUT2D eigenvalue weighted by molar-refractivity contribution is -0.385. The summed E-state index contributed by atoms with van der Waals surface area (Å²) in [6, 6.07) is 3.36. The number of likely N-dealkylation sites (N-methyl/N-ethyl adjacent to an activating group) is 1. The van der Waals surface area contributed by atoms with E-state index in [1.807, 2.05) is 0 Å². The molecule has 2 amide bonds. The topological polar surface area (TPSA) is 148 Å². The van der Waals surface area contributed by atoms with Crippen LogP contribution in [0.3, 0.4) is 0 Å². The van der Waals surface area contributed by atoms with Gasteiger partial charge in [-0.15, -0.1) is 0 Å².